The number of nitrogens with zero attached hydrogens (tertiary/aromatic N) is 2. The van der Waals surface area contributed by atoms with Gasteiger partial charge in [0.05, 0.1) is 6.10 Å². The van der Waals surface area contributed by atoms with E-state index in [-0.39, 0.29) is 17.6 Å². The lowest BCUT2D eigenvalue weighted by atomic mass is 10.1. The maximum Gasteiger partial charge on any atom is 0.158 e. The monoisotopic (exact) mass is 339 g/mol. The van der Waals surface area contributed by atoms with E-state index in [1.807, 2.05) is 29.7 Å². The Hall–Kier alpha value is -2.73. The molecule has 1 aromatic carbocycles. The highest BCUT2D eigenvalue weighted by Gasteiger charge is 2.19. The third-order valence-electron chi connectivity index (χ3n) is 4.55. The quantitative estimate of drug-likeness (QED) is 0.636. The predicted molar refractivity (Wildman–Crippen MR) is 96.2 cm³/mol. The molecular weight excluding hydrogens is 318 g/mol. The van der Waals surface area contributed by atoms with E-state index in [0.717, 1.165) is 47.7 Å². The summed E-state index contributed by atoms with van der Waals surface area (Å²) in [6.45, 7) is 3.55. The number of hydrogen-bond acceptors (Lipinski definition) is 5. The summed E-state index contributed by atoms with van der Waals surface area (Å²) in [5.74, 6) is 0.559. The number of nitrogens with one attached hydrogen (secondary N) is 1. The van der Waals surface area contributed by atoms with Crippen LogP contribution in [-0.4, -0.2) is 38.9 Å². The Morgan fingerprint density at radius 2 is 2.12 bits per heavy atom. The average molecular weight is 339 g/mol. The van der Waals surface area contributed by atoms with Crippen LogP contribution >= 0.6 is 0 Å². The maximum absolute atomic E-state index is 9.85. The summed E-state index contributed by atoms with van der Waals surface area (Å²) >= 11 is 0. The second kappa shape index (κ2) is 6.29. The summed E-state index contributed by atoms with van der Waals surface area (Å²) in [6.07, 6.45) is 4.34. The largest absolute Gasteiger partial charge is 0.504 e. The van der Waals surface area contributed by atoms with Crippen LogP contribution in [0.1, 0.15) is 18.4 Å². The summed E-state index contributed by atoms with van der Waals surface area (Å²) in [6, 6.07) is 8.80. The van der Waals surface area contributed by atoms with E-state index in [0.29, 0.717) is 6.54 Å². The Morgan fingerprint density at radius 3 is 2.88 bits per heavy atom. The molecule has 0 radical (unpaired) electrons. The number of anilines is 1. The van der Waals surface area contributed by atoms with E-state index >= 15 is 0 Å². The van der Waals surface area contributed by atoms with Crippen LogP contribution in [0.4, 0.5) is 5.82 Å². The molecule has 0 amide bonds. The fourth-order valence-corrected chi connectivity index (χ4v) is 3.20. The lowest BCUT2D eigenvalue weighted by molar-refractivity contribution is 0.120. The highest BCUT2D eigenvalue weighted by atomic mass is 16.5. The highest BCUT2D eigenvalue weighted by molar-refractivity contribution is 5.78. The van der Waals surface area contributed by atoms with Gasteiger partial charge in [0.2, 0.25) is 0 Å². The molecule has 2 aromatic heterocycles. The van der Waals surface area contributed by atoms with Crippen LogP contribution in [-0.2, 0) is 4.74 Å². The molecule has 3 heterocycles. The molecular formula is C19H21N3O3. The SMILES string of the molecule is Cc1ccn2c(NCC3CCCO3)c(-c3ccc(O)c(O)c3)nc2c1. The number of benzene rings is 1. The zero-order valence-corrected chi connectivity index (χ0v) is 14.1. The molecule has 6 nitrogen and oxygen atoms in total. The van der Waals surface area contributed by atoms with E-state index in [4.69, 9.17) is 9.72 Å². The molecule has 1 unspecified atom stereocenters. The number of rotatable bonds is 4. The number of ether oxygens (including phenoxy) is 1. The molecule has 1 saturated heterocycles. The first-order chi connectivity index (χ1) is 12.1. The molecule has 1 atom stereocenters. The molecule has 0 bridgehead atoms. The summed E-state index contributed by atoms with van der Waals surface area (Å²) < 4.78 is 7.70. The molecule has 4 rings (SSSR count). The summed E-state index contributed by atoms with van der Waals surface area (Å²) in [5, 5.41) is 22.9. The molecule has 0 aliphatic carbocycles. The van der Waals surface area contributed by atoms with Crippen LogP contribution in [0.5, 0.6) is 11.5 Å². The van der Waals surface area contributed by atoms with E-state index in [1.165, 1.54) is 12.1 Å². The van der Waals surface area contributed by atoms with Crippen molar-refractivity contribution in [2.45, 2.75) is 25.9 Å². The minimum absolute atomic E-state index is 0.141. The molecule has 0 saturated carbocycles. The van der Waals surface area contributed by atoms with E-state index in [2.05, 4.69) is 5.32 Å². The Balaban J connectivity index is 1.77. The molecule has 1 aliphatic rings. The van der Waals surface area contributed by atoms with Gasteiger partial charge in [-0.05, 0) is 55.7 Å². The van der Waals surface area contributed by atoms with Crippen molar-refractivity contribution >= 4 is 11.5 Å². The molecule has 1 aliphatic heterocycles. The van der Waals surface area contributed by atoms with Crippen molar-refractivity contribution < 1.29 is 14.9 Å². The van der Waals surface area contributed by atoms with E-state index < -0.39 is 0 Å². The van der Waals surface area contributed by atoms with E-state index in [9.17, 15) is 10.2 Å². The predicted octanol–water partition coefficient (Wildman–Crippen LogP) is 3.31. The highest BCUT2D eigenvalue weighted by Crippen LogP contribution is 2.34. The summed E-state index contributed by atoms with van der Waals surface area (Å²) in [5.41, 5.74) is 3.44. The van der Waals surface area contributed by atoms with Crippen molar-refractivity contribution in [1.29, 1.82) is 0 Å². The summed E-state index contributed by atoms with van der Waals surface area (Å²) in [4.78, 5) is 4.73. The first-order valence-corrected chi connectivity index (χ1v) is 8.48. The number of fused-ring (bicyclic) bond motifs is 1. The van der Waals surface area contributed by atoms with Gasteiger partial charge in [0, 0.05) is 24.9 Å². The average Bonchev–Trinajstić information content (AvgIpc) is 3.22. The first kappa shape index (κ1) is 15.8. The van der Waals surface area contributed by atoms with Gasteiger partial charge >= 0.3 is 0 Å². The van der Waals surface area contributed by atoms with Gasteiger partial charge in [-0.2, -0.15) is 0 Å². The maximum atomic E-state index is 9.85. The Labute approximate surface area is 145 Å². The number of imidazole rings is 1. The lowest BCUT2D eigenvalue weighted by Crippen LogP contribution is -2.19. The minimum Gasteiger partial charge on any atom is -0.504 e. The van der Waals surface area contributed by atoms with Crippen molar-refractivity contribution in [3.8, 4) is 22.8 Å². The molecule has 0 spiro atoms. The lowest BCUT2D eigenvalue weighted by Gasteiger charge is -2.13. The molecule has 25 heavy (non-hydrogen) atoms. The Kier molecular flexibility index (Phi) is 3.97. The van der Waals surface area contributed by atoms with Crippen molar-refractivity contribution in [3.63, 3.8) is 0 Å². The number of phenols is 2. The third-order valence-corrected chi connectivity index (χ3v) is 4.55. The van der Waals surface area contributed by atoms with Gasteiger partial charge in [-0.15, -0.1) is 0 Å². The van der Waals surface area contributed by atoms with Crippen molar-refractivity contribution in [3.05, 3.63) is 42.1 Å². The van der Waals surface area contributed by atoms with Gasteiger partial charge in [0.25, 0.3) is 0 Å². The number of pyridine rings is 1. The zero-order chi connectivity index (χ0) is 17.4. The van der Waals surface area contributed by atoms with Crippen LogP contribution in [0.25, 0.3) is 16.9 Å². The van der Waals surface area contributed by atoms with Crippen molar-refractivity contribution in [2.24, 2.45) is 0 Å². The van der Waals surface area contributed by atoms with Gasteiger partial charge in [-0.3, -0.25) is 4.40 Å². The summed E-state index contributed by atoms with van der Waals surface area (Å²) in [7, 11) is 0. The normalized spacial score (nSPS) is 17.2. The molecule has 6 heteroatoms. The van der Waals surface area contributed by atoms with Crippen molar-refractivity contribution in [2.75, 3.05) is 18.5 Å². The number of phenolic OH excluding ortho intramolecular Hbond substituents is 2. The van der Waals surface area contributed by atoms with Crippen LogP contribution in [0.2, 0.25) is 0 Å². The zero-order valence-electron chi connectivity index (χ0n) is 14.1. The molecule has 1 fully saturated rings. The topological polar surface area (TPSA) is 79.0 Å². The number of hydrogen-bond donors (Lipinski definition) is 3. The Bertz CT molecular complexity index is 914. The number of aromatic hydroxyl groups is 2. The van der Waals surface area contributed by atoms with Crippen LogP contribution in [0.3, 0.4) is 0 Å². The molecule has 3 aromatic rings. The number of aromatic nitrogens is 2. The fraction of sp³-hybridized carbons (Fsp3) is 0.316. The van der Waals surface area contributed by atoms with Gasteiger partial charge < -0.3 is 20.3 Å². The van der Waals surface area contributed by atoms with Gasteiger partial charge in [-0.1, -0.05) is 0 Å². The minimum atomic E-state index is -0.157. The Morgan fingerprint density at radius 1 is 1.24 bits per heavy atom. The second-order valence-corrected chi connectivity index (χ2v) is 6.46. The second-order valence-electron chi connectivity index (χ2n) is 6.46. The van der Waals surface area contributed by atoms with Gasteiger partial charge in [-0.25, -0.2) is 4.98 Å². The number of aryl methyl sites for hydroxylation is 1. The first-order valence-electron chi connectivity index (χ1n) is 8.48. The van der Waals surface area contributed by atoms with Gasteiger partial charge in [0.1, 0.15) is 17.2 Å². The van der Waals surface area contributed by atoms with Gasteiger partial charge in [0.15, 0.2) is 11.5 Å². The standard InChI is InChI=1S/C19H21N3O3/c1-12-6-7-22-17(9-12)21-18(13-4-5-15(23)16(24)10-13)19(22)20-11-14-3-2-8-25-14/h4-7,9-10,14,20,23-24H,2-3,8,11H2,1H3. The van der Waals surface area contributed by atoms with Crippen LogP contribution in [0.15, 0.2) is 36.5 Å². The van der Waals surface area contributed by atoms with E-state index in [1.54, 1.807) is 6.07 Å². The van der Waals surface area contributed by atoms with Crippen LogP contribution < -0.4 is 5.32 Å². The molecule has 130 valence electrons. The molecule has 3 N–H and O–H groups in total. The van der Waals surface area contributed by atoms with Crippen molar-refractivity contribution in [1.82, 2.24) is 9.38 Å². The van der Waals surface area contributed by atoms with Crippen LogP contribution in [0, 0.1) is 6.92 Å². The fourth-order valence-electron chi connectivity index (χ4n) is 3.20. The third kappa shape index (κ3) is 3.00. The smallest absolute Gasteiger partial charge is 0.158 e.